The van der Waals surface area contributed by atoms with Gasteiger partial charge in [0.1, 0.15) is 22.6 Å². The fourth-order valence-electron chi connectivity index (χ4n) is 3.01. The van der Waals surface area contributed by atoms with Crippen molar-refractivity contribution in [1.82, 2.24) is 4.90 Å². The maximum Gasteiger partial charge on any atom is 0.342 e. The first-order chi connectivity index (χ1) is 11.9. The molecule has 1 N–H and O–H groups in total. The molecule has 0 aromatic heterocycles. The zero-order chi connectivity index (χ0) is 18.4. The second-order valence-corrected chi connectivity index (χ2v) is 6.12. The van der Waals surface area contributed by atoms with E-state index in [2.05, 4.69) is 6.07 Å². The Morgan fingerprint density at radius 1 is 1.32 bits per heavy atom. The smallest absolute Gasteiger partial charge is 0.342 e. The highest BCUT2D eigenvalue weighted by atomic mass is 16.5. The van der Waals surface area contributed by atoms with Crippen LogP contribution in [0.15, 0.2) is 18.2 Å². The van der Waals surface area contributed by atoms with Crippen molar-refractivity contribution in [1.29, 1.82) is 5.26 Å². The third-order valence-electron chi connectivity index (χ3n) is 4.66. The number of methoxy groups -OCH3 is 1. The van der Waals surface area contributed by atoms with Gasteiger partial charge in [0, 0.05) is 13.1 Å². The van der Waals surface area contributed by atoms with Gasteiger partial charge in [-0.2, -0.15) is 5.26 Å². The Morgan fingerprint density at radius 2 is 2.00 bits per heavy atom. The number of nitriles is 1. The summed E-state index contributed by atoms with van der Waals surface area (Å²) in [6, 6.07) is 6.41. The average molecular weight is 346 g/mol. The molecule has 0 spiro atoms. The number of carbonyl (C=O) groups excluding carboxylic acids is 2. The number of ether oxygens (including phenoxy) is 2. The van der Waals surface area contributed by atoms with E-state index >= 15 is 0 Å². The molecule has 0 heterocycles. The Morgan fingerprint density at radius 3 is 2.56 bits per heavy atom. The topological polar surface area (TPSA) is 99.9 Å². The number of hydrogen-bond acceptors (Lipinski definition) is 6. The highest BCUT2D eigenvalue weighted by molar-refractivity contribution is 5.94. The fraction of sp³-hybridized carbons (Fsp3) is 0.500. The van der Waals surface area contributed by atoms with Crippen molar-refractivity contribution in [2.45, 2.75) is 37.6 Å². The molecule has 1 aromatic rings. The van der Waals surface area contributed by atoms with Gasteiger partial charge in [0.2, 0.25) is 0 Å². The number of aromatic hydroxyl groups is 1. The van der Waals surface area contributed by atoms with Crippen LogP contribution in [-0.2, 0) is 9.53 Å². The van der Waals surface area contributed by atoms with Crippen LogP contribution in [0.3, 0.4) is 0 Å². The van der Waals surface area contributed by atoms with Crippen molar-refractivity contribution in [2.75, 3.05) is 20.8 Å². The summed E-state index contributed by atoms with van der Waals surface area (Å²) in [5, 5.41) is 19.3. The number of phenolic OH excluding ortho intramolecular Hbond substituents is 1. The van der Waals surface area contributed by atoms with Crippen LogP contribution < -0.4 is 4.74 Å². The van der Waals surface area contributed by atoms with Crippen LogP contribution in [0.4, 0.5) is 0 Å². The maximum absolute atomic E-state index is 12.3. The molecule has 1 amide bonds. The molecule has 25 heavy (non-hydrogen) atoms. The zero-order valence-electron chi connectivity index (χ0n) is 14.4. The van der Waals surface area contributed by atoms with E-state index in [0.717, 1.165) is 19.3 Å². The van der Waals surface area contributed by atoms with Crippen molar-refractivity contribution in [3.63, 3.8) is 0 Å². The summed E-state index contributed by atoms with van der Waals surface area (Å²) < 4.78 is 9.95. The van der Waals surface area contributed by atoms with Gasteiger partial charge >= 0.3 is 5.97 Å². The number of nitrogens with zero attached hydrogens (tertiary/aromatic N) is 2. The molecule has 1 aliphatic rings. The lowest BCUT2D eigenvalue weighted by Crippen LogP contribution is -2.51. The first-order valence-corrected chi connectivity index (χ1v) is 8.15. The molecule has 7 heteroatoms. The molecule has 2 rings (SSSR count). The highest BCUT2D eigenvalue weighted by Crippen LogP contribution is 2.32. The zero-order valence-corrected chi connectivity index (χ0v) is 14.4. The molecule has 0 atom stereocenters. The lowest BCUT2D eigenvalue weighted by Gasteiger charge is -2.38. The molecule has 134 valence electrons. The lowest BCUT2D eigenvalue weighted by molar-refractivity contribution is -0.138. The van der Waals surface area contributed by atoms with Crippen molar-refractivity contribution in [3.05, 3.63) is 23.8 Å². The van der Waals surface area contributed by atoms with Gasteiger partial charge in [-0.25, -0.2) is 4.79 Å². The molecular formula is C18H22N2O5. The largest absolute Gasteiger partial charge is 0.507 e. The molecule has 1 aromatic carbocycles. The summed E-state index contributed by atoms with van der Waals surface area (Å²) in [6.07, 6.45) is 4.09. The number of carbonyl (C=O) groups is 2. The Kier molecular flexibility index (Phi) is 5.86. The van der Waals surface area contributed by atoms with Gasteiger partial charge in [0.15, 0.2) is 6.61 Å². The van der Waals surface area contributed by atoms with Crippen molar-refractivity contribution < 1.29 is 24.2 Å². The van der Waals surface area contributed by atoms with E-state index in [9.17, 15) is 20.0 Å². The van der Waals surface area contributed by atoms with Crippen LogP contribution in [0.5, 0.6) is 11.5 Å². The number of amides is 1. The number of esters is 1. The molecule has 0 unspecified atom stereocenters. The van der Waals surface area contributed by atoms with Gasteiger partial charge in [-0.3, -0.25) is 4.79 Å². The lowest BCUT2D eigenvalue weighted by atomic mass is 9.81. The molecule has 0 saturated heterocycles. The Balaban J connectivity index is 1.99. The fourth-order valence-corrected chi connectivity index (χ4v) is 3.01. The average Bonchev–Trinajstić information content (AvgIpc) is 2.65. The van der Waals surface area contributed by atoms with Crippen LogP contribution in [-0.4, -0.2) is 48.2 Å². The van der Waals surface area contributed by atoms with E-state index in [-0.39, 0.29) is 11.3 Å². The minimum atomic E-state index is -0.829. The van der Waals surface area contributed by atoms with Crippen LogP contribution in [0, 0.1) is 11.3 Å². The molecule has 0 bridgehead atoms. The van der Waals surface area contributed by atoms with Crippen molar-refractivity contribution in [2.24, 2.45) is 0 Å². The summed E-state index contributed by atoms with van der Waals surface area (Å²) in [5.74, 6) is -1.13. The monoisotopic (exact) mass is 346 g/mol. The van der Waals surface area contributed by atoms with Crippen molar-refractivity contribution in [3.8, 4) is 17.6 Å². The minimum Gasteiger partial charge on any atom is -0.507 e. The second-order valence-electron chi connectivity index (χ2n) is 6.12. The summed E-state index contributed by atoms with van der Waals surface area (Å²) in [4.78, 5) is 25.8. The van der Waals surface area contributed by atoms with E-state index in [0.29, 0.717) is 18.6 Å². The second kappa shape index (κ2) is 7.88. The van der Waals surface area contributed by atoms with E-state index in [1.54, 1.807) is 7.05 Å². The molecule has 0 radical (unpaired) electrons. The predicted molar refractivity (Wildman–Crippen MR) is 89.1 cm³/mol. The van der Waals surface area contributed by atoms with Crippen LogP contribution >= 0.6 is 0 Å². The quantitative estimate of drug-likeness (QED) is 0.821. The van der Waals surface area contributed by atoms with E-state index in [4.69, 9.17) is 9.47 Å². The van der Waals surface area contributed by atoms with Gasteiger partial charge in [-0.1, -0.05) is 19.3 Å². The first kappa shape index (κ1) is 18.6. The highest BCUT2D eigenvalue weighted by Gasteiger charge is 2.39. The Hall–Kier alpha value is -2.75. The Bertz CT molecular complexity index is 689. The maximum atomic E-state index is 12.3. The number of benzene rings is 1. The molecule has 0 aliphatic heterocycles. The summed E-state index contributed by atoms with van der Waals surface area (Å²) in [5.41, 5.74) is -0.881. The normalized spacial score (nSPS) is 15.7. The summed E-state index contributed by atoms with van der Waals surface area (Å²) >= 11 is 0. The van der Waals surface area contributed by atoms with Gasteiger partial charge in [-0.15, -0.1) is 0 Å². The molecule has 1 saturated carbocycles. The van der Waals surface area contributed by atoms with Gasteiger partial charge < -0.3 is 19.5 Å². The summed E-state index contributed by atoms with van der Waals surface area (Å²) in [7, 11) is 3.01. The standard InChI is InChI=1S/C18H22N2O5/c1-20(18(12-19)8-4-3-5-9-18)16(22)11-25-17(23)14-7-6-13(24-2)10-15(14)21/h6-7,10,21H,3-5,8-9,11H2,1-2H3. The van der Waals surface area contributed by atoms with Gasteiger partial charge in [-0.05, 0) is 25.0 Å². The van der Waals surface area contributed by atoms with Gasteiger partial charge in [0.05, 0.1) is 13.2 Å². The third kappa shape index (κ3) is 4.02. The molecule has 1 fully saturated rings. The number of hydrogen-bond donors (Lipinski definition) is 1. The molecule has 1 aliphatic carbocycles. The van der Waals surface area contributed by atoms with E-state index in [1.807, 2.05) is 0 Å². The Labute approximate surface area is 146 Å². The molecular weight excluding hydrogens is 324 g/mol. The van der Waals surface area contributed by atoms with Crippen LogP contribution in [0.1, 0.15) is 42.5 Å². The predicted octanol–water partition coefficient (Wildman–Crippen LogP) is 2.24. The number of rotatable bonds is 5. The molecule has 7 nitrogen and oxygen atoms in total. The van der Waals surface area contributed by atoms with Crippen molar-refractivity contribution >= 4 is 11.9 Å². The minimum absolute atomic E-state index is 0.0519. The van der Waals surface area contributed by atoms with E-state index < -0.39 is 24.0 Å². The SMILES string of the molecule is COc1ccc(C(=O)OCC(=O)N(C)C2(C#N)CCCCC2)c(O)c1. The van der Waals surface area contributed by atoms with Crippen LogP contribution in [0.25, 0.3) is 0 Å². The van der Waals surface area contributed by atoms with Gasteiger partial charge in [0.25, 0.3) is 5.91 Å². The summed E-state index contributed by atoms with van der Waals surface area (Å²) in [6.45, 7) is -0.482. The van der Waals surface area contributed by atoms with E-state index in [1.165, 1.54) is 30.2 Å². The number of phenols is 1. The van der Waals surface area contributed by atoms with Crippen LogP contribution in [0.2, 0.25) is 0 Å². The third-order valence-corrected chi connectivity index (χ3v) is 4.66. The number of likely N-dealkylation sites (N-methyl/N-ethyl adjacent to an activating group) is 1. The first-order valence-electron chi connectivity index (χ1n) is 8.15.